The third-order valence-electron chi connectivity index (χ3n) is 6.57. The SMILES string of the molecule is CCOC(=O)C1=NN(c2ccc(S(=O)(=O)[O-])cc2)C(=O)C1C/C=C/C=C/c1c(C(=O)OCC)[nH]n(-c2ccc(S(=O)(=O)[O-])cc2)c1=O.[K+].[K+]. The molecule has 0 bridgehead atoms. The second kappa shape index (κ2) is 18.6. The van der Waals surface area contributed by atoms with Crippen molar-refractivity contribution in [3.63, 3.8) is 0 Å². The summed E-state index contributed by atoms with van der Waals surface area (Å²) in [6.45, 7) is 3.15. The number of anilines is 1. The molecule has 20 heteroatoms. The van der Waals surface area contributed by atoms with Crippen molar-refractivity contribution >= 4 is 55.6 Å². The van der Waals surface area contributed by atoms with Gasteiger partial charge in [-0.05, 0) is 74.9 Å². The summed E-state index contributed by atoms with van der Waals surface area (Å²) in [5, 5.41) is 7.60. The van der Waals surface area contributed by atoms with Crippen molar-refractivity contribution in [1.29, 1.82) is 0 Å². The quantitative estimate of drug-likeness (QED) is 0.0798. The molecule has 3 aromatic rings. The molecule has 0 spiro atoms. The van der Waals surface area contributed by atoms with Gasteiger partial charge in [-0.1, -0.05) is 18.2 Å². The molecular weight excluding hydrogens is 739 g/mol. The molecule has 248 valence electrons. The van der Waals surface area contributed by atoms with Crippen molar-refractivity contribution in [2.75, 3.05) is 18.2 Å². The molecule has 1 amide bonds. The van der Waals surface area contributed by atoms with E-state index in [0.717, 1.165) is 34.0 Å². The first kappa shape index (κ1) is 43.3. The van der Waals surface area contributed by atoms with E-state index in [1.165, 1.54) is 48.6 Å². The first-order chi connectivity index (χ1) is 22.2. The van der Waals surface area contributed by atoms with E-state index >= 15 is 0 Å². The van der Waals surface area contributed by atoms with Crippen LogP contribution < -0.4 is 113 Å². The molecule has 1 aromatic heterocycles. The predicted octanol–water partition coefficient (Wildman–Crippen LogP) is -4.30. The van der Waals surface area contributed by atoms with Gasteiger partial charge >= 0.3 is 115 Å². The van der Waals surface area contributed by atoms with Crippen LogP contribution in [0.2, 0.25) is 0 Å². The summed E-state index contributed by atoms with van der Waals surface area (Å²) in [5.74, 6) is -3.42. The van der Waals surface area contributed by atoms with Crippen LogP contribution in [-0.2, 0) is 39.3 Å². The normalized spacial score (nSPS) is 14.8. The molecule has 4 rings (SSSR count). The number of hydrogen-bond donors (Lipinski definition) is 1. The fourth-order valence-corrected chi connectivity index (χ4v) is 5.32. The molecule has 1 aliphatic rings. The van der Waals surface area contributed by atoms with Crippen molar-refractivity contribution in [1.82, 2.24) is 9.78 Å². The van der Waals surface area contributed by atoms with Gasteiger partial charge in [0.15, 0.2) is 11.4 Å². The molecule has 1 N–H and O–H groups in total. The number of H-pyrrole nitrogens is 1. The van der Waals surface area contributed by atoms with Gasteiger partial charge in [0.25, 0.3) is 11.5 Å². The molecule has 0 fully saturated rings. The maximum Gasteiger partial charge on any atom is 1.00 e. The van der Waals surface area contributed by atoms with Gasteiger partial charge in [-0.2, -0.15) is 10.1 Å². The Morgan fingerprint density at radius 3 is 1.86 bits per heavy atom. The monoisotopic (exact) mass is 764 g/mol. The van der Waals surface area contributed by atoms with E-state index < -0.39 is 59.4 Å². The Bertz CT molecular complexity index is 2070. The first-order valence-corrected chi connectivity index (χ1v) is 16.6. The van der Waals surface area contributed by atoms with Crippen molar-refractivity contribution in [3.05, 3.63) is 88.4 Å². The van der Waals surface area contributed by atoms with E-state index in [1.54, 1.807) is 13.8 Å². The topological polar surface area (TPSA) is 237 Å². The number of amides is 1. The molecule has 0 radical (unpaired) electrons. The molecule has 49 heavy (non-hydrogen) atoms. The minimum absolute atomic E-state index is 0. The van der Waals surface area contributed by atoms with Crippen LogP contribution in [0.3, 0.4) is 0 Å². The van der Waals surface area contributed by atoms with E-state index in [2.05, 4.69) is 10.2 Å². The van der Waals surface area contributed by atoms with Gasteiger partial charge < -0.3 is 18.6 Å². The Morgan fingerprint density at radius 2 is 1.35 bits per heavy atom. The number of allylic oxidation sites excluding steroid dienone is 3. The zero-order valence-corrected chi connectivity index (χ0v) is 34.6. The maximum absolute atomic E-state index is 13.3. The van der Waals surface area contributed by atoms with Gasteiger partial charge in [0.05, 0.1) is 45.9 Å². The van der Waals surface area contributed by atoms with Gasteiger partial charge in [0.2, 0.25) is 0 Å². The number of ether oxygens (including phenoxy) is 2. The standard InChI is InChI=1S/C29H28N4O12S2.2K/c1-3-44-28(36)24-22(26(34)32(30-24)18-10-14-20(15-11-18)46(38,39)40)8-6-5-7-9-23-25(29(37)45-4-2)31-33(27(23)35)19-12-16-21(17-13-19)47(41,42)43;;/h5-8,10-17,23,30H,3-4,9H2,1-2H3,(H,38,39,40)(H,41,42,43);;/q;2*+1/p-2/b7-5+,8-6+;;. The number of nitrogens with one attached hydrogen (secondary N) is 1. The van der Waals surface area contributed by atoms with Crippen LogP contribution in [0.1, 0.15) is 36.3 Å². The van der Waals surface area contributed by atoms with E-state index in [-0.39, 0.29) is 151 Å². The minimum Gasteiger partial charge on any atom is -0.744 e. The van der Waals surface area contributed by atoms with Crippen molar-refractivity contribution < 1.29 is 153 Å². The number of carbonyl (C=O) groups is 3. The van der Waals surface area contributed by atoms with Crippen molar-refractivity contribution in [3.8, 4) is 5.69 Å². The number of hydrazone groups is 1. The van der Waals surface area contributed by atoms with Gasteiger partial charge in [-0.3, -0.25) is 14.7 Å². The fourth-order valence-electron chi connectivity index (χ4n) is 4.38. The third-order valence-corrected chi connectivity index (χ3v) is 8.27. The predicted molar refractivity (Wildman–Crippen MR) is 163 cm³/mol. The summed E-state index contributed by atoms with van der Waals surface area (Å²) in [6, 6.07) is 8.84. The van der Waals surface area contributed by atoms with E-state index in [9.17, 15) is 45.1 Å². The Hall–Kier alpha value is -1.90. The number of esters is 2. The van der Waals surface area contributed by atoms with E-state index in [0.29, 0.717) is 0 Å². The average molecular weight is 765 g/mol. The fraction of sp³-hybridized carbons (Fsp3) is 0.207. The second-order valence-electron chi connectivity index (χ2n) is 9.59. The number of benzene rings is 2. The Balaban J connectivity index is 0.00000417. The third kappa shape index (κ3) is 10.6. The number of carbonyl (C=O) groups excluding carboxylic acids is 3. The molecule has 0 saturated heterocycles. The van der Waals surface area contributed by atoms with Gasteiger partial charge in [-0.15, -0.1) is 0 Å². The number of nitrogens with zero attached hydrogens (tertiary/aromatic N) is 3. The van der Waals surface area contributed by atoms with E-state index in [1.807, 2.05) is 0 Å². The summed E-state index contributed by atoms with van der Waals surface area (Å²) in [4.78, 5) is 50.6. The van der Waals surface area contributed by atoms with Crippen LogP contribution in [0.25, 0.3) is 11.8 Å². The molecule has 2 heterocycles. The number of aromatic amines is 1. The van der Waals surface area contributed by atoms with Crippen LogP contribution in [-0.4, -0.2) is 72.5 Å². The van der Waals surface area contributed by atoms with Crippen molar-refractivity contribution in [2.45, 2.75) is 30.1 Å². The minimum atomic E-state index is -4.73. The second-order valence-corrected chi connectivity index (χ2v) is 12.3. The molecule has 0 aliphatic carbocycles. The van der Waals surface area contributed by atoms with Crippen LogP contribution in [0.15, 0.2) is 86.4 Å². The molecule has 1 atom stereocenters. The Labute approximate surface area is 365 Å². The smallest absolute Gasteiger partial charge is 0.744 e. The summed E-state index contributed by atoms with van der Waals surface area (Å²) >= 11 is 0. The molecule has 0 saturated carbocycles. The average Bonchev–Trinajstić information content (AvgIpc) is 3.52. The van der Waals surface area contributed by atoms with Crippen LogP contribution in [0, 0.1) is 5.92 Å². The molecular formula is C29H26K2N4O12S2. The summed E-state index contributed by atoms with van der Waals surface area (Å²) in [7, 11) is -9.45. The summed E-state index contributed by atoms with van der Waals surface area (Å²) < 4.78 is 78.6. The van der Waals surface area contributed by atoms with E-state index in [4.69, 9.17) is 9.47 Å². The van der Waals surface area contributed by atoms with Crippen LogP contribution >= 0.6 is 0 Å². The summed E-state index contributed by atoms with van der Waals surface area (Å²) in [5.41, 5.74) is -1.01. The van der Waals surface area contributed by atoms with Gasteiger partial charge in [0.1, 0.15) is 20.2 Å². The number of aromatic nitrogens is 2. The maximum atomic E-state index is 13.3. The zero-order valence-electron chi connectivity index (χ0n) is 26.7. The van der Waals surface area contributed by atoms with Gasteiger partial charge in [0, 0.05) is 0 Å². The first-order valence-electron chi connectivity index (χ1n) is 13.7. The molecule has 1 unspecified atom stereocenters. The van der Waals surface area contributed by atoms with Crippen LogP contribution in [0.5, 0.6) is 0 Å². The zero-order chi connectivity index (χ0) is 34.5. The van der Waals surface area contributed by atoms with Crippen LogP contribution in [0.4, 0.5) is 5.69 Å². The molecule has 2 aromatic carbocycles. The van der Waals surface area contributed by atoms with Crippen molar-refractivity contribution in [2.24, 2.45) is 11.0 Å². The largest absolute Gasteiger partial charge is 1.00 e. The Morgan fingerprint density at radius 1 is 0.837 bits per heavy atom. The molecule has 16 nitrogen and oxygen atoms in total. The Kier molecular flexibility index (Phi) is 16.4. The number of rotatable bonds is 12. The summed E-state index contributed by atoms with van der Waals surface area (Å²) in [6.07, 6.45) is 5.59. The van der Waals surface area contributed by atoms with Gasteiger partial charge in [-0.25, -0.2) is 31.1 Å². The molecule has 1 aliphatic heterocycles. The number of hydrogen-bond acceptors (Lipinski definition) is 13.